The zero-order valence-corrected chi connectivity index (χ0v) is 13.2. The number of benzene rings is 1. The van der Waals surface area contributed by atoms with Crippen molar-refractivity contribution < 1.29 is 4.74 Å². The first-order valence-electron chi connectivity index (χ1n) is 7.01. The van der Waals surface area contributed by atoms with E-state index in [9.17, 15) is 0 Å². The molecule has 1 aromatic rings. The van der Waals surface area contributed by atoms with Crippen LogP contribution in [0.3, 0.4) is 0 Å². The first kappa shape index (κ1) is 14.8. The molecule has 1 fully saturated rings. The van der Waals surface area contributed by atoms with Crippen LogP contribution in [0, 0.1) is 5.92 Å². The molecule has 0 spiro atoms. The van der Waals surface area contributed by atoms with Crippen molar-refractivity contribution in [2.75, 3.05) is 39.8 Å². The van der Waals surface area contributed by atoms with E-state index in [4.69, 9.17) is 4.74 Å². The predicted molar refractivity (Wildman–Crippen MR) is 82.7 cm³/mol. The monoisotopic (exact) mass is 326 g/mol. The van der Waals surface area contributed by atoms with Crippen LogP contribution in [0.1, 0.15) is 12.8 Å². The van der Waals surface area contributed by atoms with Gasteiger partial charge in [0.2, 0.25) is 0 Å². The minimum absolute atomic E-state index is 0.725. The summed E-state index contributed by atoms with van der Waals surface area (Å²) >= 11 is 3.44. The number of nitrogens with one attached hydrogen (secondary N) is 1. The topological polar surface area (TPSA) is 24.5 Å². The second-order valence-corrected chi connectivity index (χ2v) is 6.17. The summed E-state index contributed by atoms with van der Waals surface area (Å²) in [5.41, 5.74) is 0. The average Bonchev–Trinajstić information content (AvgIpc) is 2.41. The van der Waals surface area contributed by atoms with Crippen molar-refractivity contribution in [3.8, 4) is 5.75 Å². The van der Waals surface area contributed by atoms with Gasteiger partial charge in [-0.05, 0) is 63.6 Å². The SMILES string of the molecule is CN1CCC(CNCCOc2cccc(Br)c2)CC1. The van der Waals surface area contributed by atoms with Crippen LogP contribution in [0.25, 0.3) is 0 Å². The number of piperidine rings is 1. The Morgan fingerprint density at radius 3 is 2.89 bits per heavy atom. The molecule has 1 N–H and O–H groups in total. The van der Waals surface area contributed by atoms with Crippen molar-refractivity contribution in [1.29, 1.82) is 0 Å². The first-order chi connectivity index (χ1) is 9.24. The molecule has 1 aliphatic heterocycles. The van der Waals surface area contributed by atoms with Crippen LogP contribution in [0.5, 0.6) is 5.75 Å². The van der Waals surface area contributed by atoms with Gasteiger partial charge in [0, 0.05) is 11.0 Å². The van der Waals surface area contributed by atoms with Crippen molar-refractivity contribution in [3.05, 3.63) is 28.7 Å². The molecule has 0 saturated carbocycles. The van der Waals surface area contributed by atoms with Gasteiger partial charge in [0.15, 0.2) is 0 Å². The van der Waals surface area contributed by atoms with Gasteiger partial charge in [0.25, 0.3) is 0 Å². The molecule has 0 aliphatic carbocycles. The van der Waals surface area contributed by atoms with Gasteiger partial charge in [0.05, 0.1) is 0 Å². The first-order valence-corrected chi connectivity index (χ1v) is 7.81. The summed E-state index contributed by atoms with van der Waals surface area (Å²) in [6.45, 7) is 5.24. The molecule has 3 nitrogen and oxygen atoms in total. The van der Waals surface area contributed by atoms with Gasteiger partial charge in [-0.1, -0.05) is 22.0 Å². The molecule has 0 amide bonds. The molecule has 0 bridgehead atoms. The van der Waals surface area contributed by atoms with Gasteiger partial charge < -0.3 is 15.0 Å². The molecule has 1 heterocycles. The zero-order valence-electron chi connectivity index (χ0n) is 11.6. The quantitative estimate of drug-likeness (QED) is 0.813. The van der Waals surface area contributed by atoms with Crippen LogP contribution in [0.2, 0.25) is 0 Å². The van der Waals surface area contributed by atoms with E-state index < -0.39 is 0 Å². The van der Waals surface area contributed by atoms with Gasteiger partial charge in [-0.3, -0.25) is 0 Å². The molecule has 4 heteroatoms. The van der Waals surface area contributed by atoms with E-state index in [1.807, 2.05) is 24.3 Å². The van der Waals surface area contributed by atoms with Gasteiger partial charge >= 0.3 is 0 Å². The third-order valence-corrected chi connectivity index (χ3v) is 4.11. The Hall–Kier alpha value is -0.580. The maximum atomic E-state index is 5.69. The van der Waals surface area contributed by atoms with E-state index in [0.717, 1.165) is 35.8 Å². The van der Waals surface area contributed by atoms with Gasteiger partial charge in [-0.2, -0.15) is 0 Å². The highest BCUT2D eigenvalue weighted by Crippen LogP contribution is 2.17. The van der Waals surface area contributed by atoms with Gasteiger partial charge in [0.1, 0.15) is 12.4 Å². The maximum absolute atomic E-state index is 5.69. The molecule has 0 atom stereocenters. The summed E-state index contributed by atoms with van der Waals surface area (Å²) in [5, 5.41) is 3.50. The fourth-order valence-electron chi connectivity index (χ4n) is 2.37. The van der Waals surface area contributed by atoms with Crippen LogP contribution >= 0.6 is 15.9 Å². The fraction of sp³-hybridized carbons (Fsp3) is 0.600. The molecule has 0 radical (unpaired) electrons. The van der Waals surface area contributed by atoms with Crippen LogP contribution in [0.4, 0.5) is 0 Å². The Morgan fingerprint density at radius 2 is 2.16 bits per heavy atom. The summed E-state index contributed by atoms with van der Waals surface area (Å²) in [6, 6.07) is 7.98. The molecule has 2 rings (SSSR count). The lowest BCUT2D eigenvalue weighted by atomic mass is 9.97. The third-order valence-electron chi connectivity index (χ3n) is 3.61. The highest BCUT2D eigenvalue weighted by molar-refractivity contribution is 9.10. The van der Waals surface area contributed by atoms with Gasteiger partial charge in [-0.15, -0.1) is 0 Å². The Morgan fingerprint density at radius 1 is 1.37 bits per heavy atom. The second-order valence-electron chi connectivity index (χ2n) is 5.26. The number of halogens is 1. The highest BCUT2D eigenvalue weighted by Gasteiger charge is 2.15. The number of hydrogen-bond acceptors (Lipinski definition) is 3. The number of rotatable bonds is 6. The normalized spacial score (nSPS) is 17.6. The summed E-state index contributed by atoms with van der Waals surface area (Å²) < 4.78 is 6.75. The zero-order chi connectivity index (χ0) is 13.5. The molecular formula is C15H23BrN2O. The standard InChI is InChI=1S/C15H23BrN2O/c1-18-8-5-13(6-9-18)12-17-7-10-19-15-4-2-3-14(16)11-15/h2-4,11,13,17H,5-10,12H2,1H3. The Labute approximate surface area is 124 Å². The van der Waals surface area contributed by atoms with Crippen molar-refractivity contribution >= 4 is 15.9 Å². The molecule has 1 saturated heterocycles. The number of likely N-dealkylation sites (tertiary alicyclic amines) is 1. The highest BCUT2D eigenvalue weighted by atomic mass is 79.9. The lowest BCUT2D eigenvalue weighted by Crippen LogP contribution is -2.35. The van der Waals surface area contributed by atoms with E-state index in [2.05, 4.69) is 33.2 Å². The van der Waals surface area contributed by atoms with Crippen molar-refractivity contribution in [3.63, 3.8) is 0 Å². The number of hydrogen-bond donors (Lipinski definition) is 1. The molecule has 1 aliphatic rings. The summed E-state index contributed by atoms with van der Waals surface area (Å²) in [4.78, 5) is 2.41. The van der Waals surface area contributed by atoms with Crippen LogP contribution in [0.15, 0.2) is 28.7 Å². The molecular weight excluding hydrogens is 304 g/mol. The summed E-state index contributed by atoms with van der Waals surface area (Å²) in [6.07, 6.45) is 2.63. The molecule has 0 unspecified atom stereocenters. The van der Waals surface area contributed by atoms with Crippen molar-refractivity contribution in [2.24, 2.45) is 5.92 Å². The number of nitrogens with zero attached hydrogens (tertiary/aromatic N) is 1. The van der Waals surface area contributed by atoms with Crippen molar-refractivity contribution in [2.45, 2.75) is 12.8 Å². The van der Waals surface area contributed by atoms with Gasteiger partial charge in [-0.25, -0.2) is 0 Å². The van der Waals surface area contributed by atoms with E-state index in [1.165, 1.54) is 25.9 Å². The fourth-order valence-corrected chi connectivity index (χ4v) is 2.75. The minimum Gasteiger partial charge on any atom is -0.492 e. The van der Waals surface area contributed by atoms with E-state index in [0.29, 0.717) is 0 Å². The average molecular weight is 327 g/mol. The Bertz CT molecular complexity index is 378. The lowest BCUT2D eigenvalue weighted by Gasteiger charge is -2.29. The van der Waals surface area contributed by atoms with Crippen LogP contribution in [-0.4, -0.2) is 44.7 Å². The molecule has 0 aromatic heterocycles. The maximum Gasteiger partial charge on any atom is 0.120 e. The third kappa shape index (κ3) is 5.51. The van der Waals surface area contributed by atoms with Crippen LogP contribution < -0.4 is 10.1 Å². The smallest absolute Gasteiger partial charge is 0.120 e. The molecule has 1 aromatic carbocycles. The van der Waals surface area contributed by atoms with Crippen molar-refractivity contribution in [1.82, 2.24) is 10.2 Å². The van der Waals surface area contributed by atoms with Crippen LogP contribution in [-0.2, 0) is 0 Å². The predicted octanol–water partition coefficient (Wildman–Crippen LogP) is 2.76. The molecule has 19 heavy (non-hydrogen) atoms. The van der Waals surface area contributed by atoms with E-state index >= 15 is 0 Å². The second kappa shape index (κ2) is 7.88. The van der Waals surface area contributed by atoms with E-state index in [-0.39, 0.29) is 0 Å². The number of ether oxygens (including phenoxy) is 1. The lowest BCUT2D eigenvalue weighted by molar-refractivity contribution is 0.213. The molecule has 106 valence electrons. The van der Waals surface area contributed by atoms with E-state index in [1.54, 1.807) is 0 Å². The summed E-state index contributed by atoms with van der Waals surface area (Å²) in [5.74, 6) is 1.76. The largest absolute Gasteiger partial charge is 0.492 e. The minimum atomic E-state index is 0.725. The Kier molecular flexibility index (Phi) is 6.14. The summed E-state index contributed by atoms with van der Waals surface area (Å²) in [7, 11) is 2.20. The Balaban J connectivity index is 1.55.